The molecule has 0 spiro atoms. The van der Waals surface area contributed by atoms with Crippen molar-refractivity contribution >= 4 is 5.82 Å². The third-order valence-electron chi connectivity index (χ3n) is 3.26. The van der Waals surface area contributed by atoms with Crippen molar-refractivity contribution in [2.75, 3.05) is 24.5 Å². The average Bonchev–Trinajstić information content (AvgIpc) is 2.36. The number of hydrogen-bond donors (Lipinski definition) is 1. The minimum atomic E-state index is -0.0391. The Hall–Kier alpha value is -1.36. The van der Waals surface area contributed by atoms with E-state index in [1.807, 2.05) is 25.7 Å². The number of anilines is 1. The number of rotatable bonds is 6. The summed E-state index contributed by atoms with van der Waals surface area (Å²) >= 11 is 0. The van der Waals surface area contributed by atoms with Gasteiger partial charge in [-0.25, -0.2) is 4.98 Å². The standard InChI is InChI=1S/C14H26N4O/c1-6-17(10-14(4,5)9-15)12-13(19)18(11(2)3)8-7-16-12/h7-8,11H,6,9-10,15H2,1-5H3. The third kappa shape index (κ3) is 3.80. The van der Waals surface area contributed by atoms with Crippen molar-refractivity contribution in [1.29, 1.82) is 0 Å². The molecule has 0 unspecified atom stereocenters. The highest BCUT2D eigenvalue weighted by Crippen LogP contribution is 2.17. The zero-order chi connectivity index (χ0) is 14.6. The number of nitrogens with zero attached hydrogens (tertiary/aromatic N) is 3. The van der Waals surface area contributed by atoms with Gasteiger partial charge in [-0.05, 0) is 32.7 Å². The molecule has 0 atom stereocenters. The maximum absolute atomic E-state index is 12.4. The summed E-state index contributed by atoms with van der Waals surface area (Å²) in [6.45, 7) is 12.3. The molecule has 0 aromatic carbocycles. The van der Waals surface area contributed by atoms with Crippen LogP contribution < -0.4 is 16.2 Å². The molecule has 1 aromatic rings. The third-order valence-corrected chi connectivity index (χ3v) is 3.26. The molecule has 0 bridgehead atoms. The Morgan fingerprint density at radius 3 is 2.58 bits per heavy atom. The molecule has 0 saturated heterocycles. The van der Waals surface area contributed by atoms with Gasteiger partial charge in [0.15, 0.2) is 5.82 Å². The molecule has 19 heavy (non-hydrogen) atoms. The van der Waals surface area contributed by atoms with Crippen molar-refractivity contribution in [2.45, 2.75) is 40.7 Å². The predicted molar refractivity (Wildman–Crippen MR) is 79.6 cm³/mol. The van der Waals surface area contributed by atoms with Crippen molar-refractivity contribution in [3.8, 4) is 0 Å². The minimum Gasteiger partial charge on any atom is -0.352 e. The van der Waals surface area contributed by atoms with E-state index in [0.717, 1.165) is 13.1 Å². The molecule has 1 rings (SSSR count). The fourth-order valence-electron chi connectivity index (χ4n) is 1.96. The van der Waals surface area contributed by atoms with E-state index in [-0.39, 0.29) is 17.0 Å². The maximum Gasteiger partial charge on any atom is 0.293 e. The second-order valence-electron chi connectivity index (χ2n) is 5.94. The first-order valence-corrected chi connectivity index (χ1v) is 6.84. The molecular weight excluding hydrogens is 240 g/mol. The Balaban J connectivity index is 3.13. The van der Waals surface area contributed by atoms with Gasteiger partial charge in [-0.15, -0.1) is 0 Å². The zero-order valence-electron chi connectivity index (χ0n) is 12.7. The summed E-state index contributed by atoms with van der Waals surface area (Å²) in [5, 5.41) is 0. The second kappa shape index (κ2) is 6.19. The fourth-order valence-corrected chi connectivity index (χ4v) is 1.96. The van der Waals surface area contributed by atoms with Crippen molar-refractivity contribution in [2.24, 2.45) is 11.1 Å². The summed E-state index contributed by atoms with van der Waals surface area (Å²) in [6, 6.07) is 0.135. The van der Waals surface area contributed by atoms with Crippen LogP contribution in [0.3, 0.4) is 0 Å². The zero-order valence-corrected chi connectivity index (χ0v) is 12.7. The lowest BCUT2D eigenvalue weighted by atomic mass is 9.93. The fraction of sp³-hybridized carbons (Fsp3) is 0.714. The van der Waals surface area contributed by atoms with E-state index in [0.29, 0.717) is 12.4 Å². The Labute approximate surface area is 115 Å². The average molecular weight is 266 g/mol. The van der Waals surface area contributed by atoms with E-state index < -0.39 is 0 Å². The Morgan fingerprint density at radius 2 is 2.11 bits per heavy atom. The van der Waals surface area contributed by atoms with Crippen molar-refractivity contribution in [1.82, 2.24) is 9.55 Å². The Morgan fingerprint density at radius 1 is 1.47 bits per heavy atom. The van der Waals surface area contributed by atoms with E-state index in [1.165, 1.54) is 0 Å². The second-order valence-corrected chi connectivity index (χ2v) is 5.94. The molecule has 2 N–H and O–H groups in total. The van der Waals surface area contributed by atoms with Gasteiger partial charge < -0.3 is 15.2 Å². The molecule has 0 radical (unpaired) electrons. The molecule has 0 fully saturated rings. The molecule has 1 heterocycles. The van der Waals surface area contributed by atoms with Gasteiger partial charge in [-0.1, -0.05) is 13.8 Å². The van der Waals surface area contributed by atoms with Gasteiger partial charge in [-0.3, -0.25) is 4.79 Å². The highest BCUT2D eigenvalue weighted by atomic mass is 16.1. The summed E-state index contributed by atoms with van der Waals surface area (Å²) in [4.78, 5) is 18.7. The summed E-state index contributed by atoms with van der Waals surface area (Å²) in [5.41, 5.74) is 5.70. The van der Waals surface area contributed by atoms with Crippen LogP contribution in [-0.2, 0) is 0 Å². The molecule has 0 aliphatic carbocycles. The number of hydrogen-bond acceptors (Lipinski definition) is 4. The van der Waals surface area contributed by atoms with Gasteiger partial charge in [0.05, 0.1) is 0 Å². The van der Waals surface area contributed by atoms with Crippen molar-refractivity contribution in [3.05, 3.63) is 22.7 Å². The lowest BCUT2D eigenvalue weighted by Gasteiger charge is -2.31. The van der Waals surface area contributed by atoms with Crippen molar-refractivity contribution in [3.63, 3.8) is 0 Å². The largest absolute Gasteiger partial charge is 0.352 e. The van der Waals surface area contributed by atoms with Crippen LogP contribution in [0.15, 0.2) is 17.2 Å². The van der Waals surface area contributed by atoms with Crippen LogP contribution in [0.1, 0.15) is 40.7 Å². The first-order valence-electron chi connectivity index (χ1n) is 6.84. The van der Waals surface area contributed by atoms with Crippen LogP contribution in [0.4, 0.5) is 5.82 Å². The van der Waals surface area contributed by atoms with Crippen LogP contribution >= 0.6 is 0 Å². The van der Waals surface area contributed by atoms with Crippen LogP contribution in [-0.4, -0.2) is 29.2 Å². The van der Waals surface area contributed by atoms with E-state index >= 15 is 0 Å². The van der Waals surface area contributed by atoms with E-state index in [2.05, 4.69) is 18.8 Å². The van der Waals surface area contributed by atoms with Gasteiger partial charge in [0.1, 0.15) is 0 Å². The van der Waals surface area contributed by atoms with E-state index in [9.17, 15) is 4.79 Å². The maximum atomic E-state index is 12.4. The molecule has 5 heteroatoms. The number of aromatic nitrogens is 2. The summed E-state index contributed by atoms with van der Waals surface area (Å²) < 4.78 is 1.71. The highest BCUT2D eigenvalue weighted by Gasteiger charge is 2.22. The molecule has 0 amide bonds. The summed E-state index contributed by atoms with van der Waals surface area (Å²) in [5.74, 6) is 0.514. The summed E-state index contributed by atoms with van der Waals surface area (Å²) in [7, 11) is 0. The lowest BCUT2D eigenvalue weighted by molar-refractivity contribution is 0.377. The highest BCUT2D eigenvalue weighted by molar-refractivity contribution is 5.36. The van der Waals surface area contributed by atoms with Crippen LogP contribution in [0.25, 0.3) is 0 Å². The van der Waals surface area contributed by atoms with Gasteiger partial charge in [-0.2, -0.15) is 0 Å². The normalized spacial score (nSPS) is 11.9. The number of nitrogens with two attached hydrogens (primary N) is 1. The monoisotopic (exact) mass is 266 g/mol. The molecule has 108 valence electrons. The van der Waals surface area contributed by atoms with Crippen LogP contribution in [0, 0.1) is 5.41 Å². The van der Waals surface area contributed by atoms with Gasteiger partial charge >= 0.3 is 0 Å². The smallest absolute Gasteiger partial charge is 0.293 e. The molecule has 1 aromatic heterocycles. The quantitative estimate of drug-likeness (QED) is 0.850. The SMILES string of the molecule is CCN(CC(C)(C)CN)c1nccn(C(C)C)c1=O. The van der Waals surface area contributed by atoms with Crippen LogP contribution in [0.2, 0.25) is 0 Å². The first kappa shape index (κ1) is 15.7. The van der Waals surface area contributed by atoms with E-state index in [1.54, 1.807) is 17.0 Å². The van der Waals surface area contributed by atoms with Crippen LogP contribution in [0.5, 0.6) is 0 Å². The topological polar surface area (TPSA) is 64.2 Å². The van der Waals surface area contributed by atoms with Gasteiger partial charge in [0, 0.05) is 31.5 Å². The lowest BCUT2D eigenvalue weighted by Crippen LogP contribution is -2.42. The summed E-state index contributed by atoms with van der Waals surface area (Å²) in [6.07, 6.45) is 3.42. The van der Waals surface area contributed by atoms with Gasteiger partial charge in [0.25, 0.3) is 5.56 Å². The van der Waals surface area contributed by atoms with Gasteiger partial charge in [0.2, 0.25) is 0 Å². The first-order chi connectivity index (χ1) is 8.82. The molecule has 0 saturated carbocycles. The Bertz CT molecular complexity index is 465. The molecule has 0 aliphatic heterocycles. The van der Waals surface area contributed by atoms with E-state index in [4.69, 9.17) is 5.73 Å². The Kier molecular flexibility index (Phi) is 5.11. The van der Waals surface area contributed by atoms with Crippen molar-refractivity contribution < 1.29 is 0 Å². The molecule has 5 nitrogen and oxygen atoms in total. The molecule has 0 aliphatic rings. The minimum absolute atomic E-state index is 0.0350. The predicted octanol–water partition coefficient (Wildman–Crippen LogP) is 1.64. The molecular formula is C14H26N4O.